The fourth-order valence-electron chi connectivity index (χ4n) is 8.59. The summed E-state index contributed by atoms with van der Waals surface area (Å²) < 4.78 is 50.8. The van der Waals surface area contributed by atoms with Gasteiger partial charge in [0.05, 0.1) is 50.9 Å². The molecule has 0 aromatic heterocycles. The third-order valence-electron chi connectivity index (χ3n) is 11.3. The van der Waals surface area contributed by atoms with Crippen LogP contribution in [0.3, 0.4) is 0 Å². The van der Waals surface area contributed by atoms with Gasteiger partial charge in [-0.15, -0.1) is 0 Å². The minimum atomic E-state index is -2.47. The highest BCUT2D eigenvalue weighted by molar-refractivity contribution is 6.77. The zero-order chi connectivity index (χ0) is 41.1. The molecule has 0 spiro atoms. The van der Waals surface area contributed by atoms with Crippen LogP contribution in [0.4, 0.5) is 14.9 Å². The van der Waals surface area contributed by atoms with Crippen LogP contribution in [-0.4, -0.2) is 95.7 Å². The number of likely N-dealkylation sites (tertiary alicyclic amines) is 1. The highest BCUT2D eigenvalue weighted by Crippen LogP contribution is 2.46. The number of ether oxygens (including phenoxy) is 5. The van der Waals surface area contributed by atoms with Crippen LogP contribution in [-0.2, 0) is 36.6 Å². The number of hydrogen-bond donors (Lipinski definition) is 1. The highest BCUT2D eigenvalue weighted by atomic mass is 28.4. The van der Waals surface area contributed by atoms with E-state index >= 15 is 0 Å². The summed E-state index contributed by atoms with van der Waals surface area (Å²) in [6.45, 7) is 16.0. The Bertz CT molecular complexity index is 1740. The molecule has 1 fully saturated rings. The molecule has 3 unspecified atom stereocenters. The molecule has 0 radical (unpaired) electrons. The first-order valence-electron chi connectivity index (χ1n) is 20.2. The van der Waals surface area contributed by atoms with Crippen molar-refractivity contribution in [2.75, 3.05) is 58.1 Å². The van der Waals surface area contributed by atoms with Gasteiger partial charge in [-0.2, -0.15) is 0 Å². The number of nitrogens with zero attached hydrogens (tertiary/aromatic N) is 2. The molecule has 13 heteroatoms. The van der Waals surface area contributed by atoms with Crippen molar-refractivity contribution in [3.8, 4) is 11.5 Å². The fraction of sp³-hybridized carbons (Fsp3) is 0.545. The van der Waals surface area contributed by atoms with Crippen LogP contribution in [0.5, 0.6) is 11.5 Å². The third-order valence-corrected chi connectivity index (χ3v) is 17.4. The lowest BCUT2D eigenvalue weighted by Gasteiger charge is -2.50. The molecule has 11 nitrogen and oxygen atoms in total. The minimum Gasteiger partial charge on any atom is -0.494 e. The number of hydrogen-bond acceptors (Lipinski definition) is 8. The van der Waals surface area contributed by atoms with Crippen molar-refractivity contribution >= 4 is 26.0 Å². The molecule has 0 bridgehead atoms. The molecule has 3 aromatic carbocycles. The van der Waals surface area contributed by atoms with E-state index in [1.807, 2.05) is 42.5 Å². The monoisotopic (exact) mass is 808 g/mol. The third kappa shape index (κ3) is 10.9. The first kappa shape index (κ1) is 44.1. The van der Waals surface area contributed by atoms with E-state index in [0.717, 1.165) is 11.1 Å². The maximum atomic E-state index is 13.9. The average molecular weight is 809 g/mol. The van der Waals surface area contributed by atoms with Crippen LogP contribution in [0.2, 0.25) is 16.6 Å². The summed E-state index contributed by atoms with van der Waals surface area (Å²) in [5.74, 6) is 0.654. The first-order valence-corrected chi connectivity index (χ1v) is 22.4. The van der Waals surface area contributed by atoms with Crippen LogP contribution < -0.4 is 14.4 Å². The van der Waals surface area contributed by atoms with Crippen molar-refractivity contribution in [3.63, 3.8) is 0 Å². The van der Waals surface area contributed by atoms with Gasteiger partial charge >= 0.3 is 6.09 Å². The molecule has 2 aliphatic heterocycles. The normalized spacial score (nSPS) is 18.6. The molecule has 5 rings (SSSR count). The second-order valence-electron chi connectivity index (χ2n) is 15.9. The van der Waals surface area contributed by atoms with E-state index < -0.39 is 26.6 Å². The van der Waals surface area contributed by atoms with Crippen molar-refractivity contribution in [2.24, 2.45) is 0 Å². The van der Waals surface area contributed by atoms with E-state index in [1.165, 1.54) is 11.0 Å². The van der Waals surface area contributed by atoms with Crippen LogP contribution in [0.25, 0.3) is 0 Å². The zero-order valence-electron chi connectivity index (χ0n) is 34.6. The molecule has 1 N–H and O–H groups in total. The van der Waals surface area contributed by atoms with Gasteiger partial charge in [0.15, 0.2) is 6.61 Å². The topological polar surface area (TPSA) is 116 Å². The molecule has 2 amide bonds. The van der Waals surface area contributed by atoms with Crippen LogP contribution in [0.1, 0.15) is 77.0 Å². The number of amides is 2. The van der Waals surface area contributed by atoms with Gasteiger partial charge in [0.2, 0.25) is 8.32 Å². The molecule has 2 aliphatic rings. The Morgan fingerprint density at radius 3 is 2.26 bits per heavy atom. The van der Waals surface area contributed by atoms with Crippen LogP contribution in [0, 0.1) is 5.82 Å². The predicted octanol–water partition coefficient (Wildman–Crippen LogP) is 8.80. The van der Waals surface area contributed by atoms with Crippen molar-refractivity contribution in [1.29, 1.82) is 0 Å². The summed E-state index contributed by atoms with van der Waals surface area (Å²) in [6.07, 6.45) is -0.692. The number of halogens is 1. The smallest absolute Gasteiger partial charge is 0.407 e. The van der Waals surface area contributed by atoms with Crippen LogP contribution >= 0.6 is 0 Å². The van der Waals surface area contributed by atoms with Crippen LogP contribution in [0.15, 0.2) is 66.7 Å². The van der Waals surface area contributed by atoms with Gasteiger partial charge in [-0.3, -0.25) is 4.79 Å². The molecule has 3 aromatic rings. The number of rotatable bonds is 20. The van der Waals surface area contributed by atoms with Gasteiger partial charge in [0.25, 0.3) is 5.91 Å². The SMILES string of the molecule is COCCCN1C(=O)COc2ccc(COC3CN(C(=O)O)CC(O[Si](C(C)C)(C(C)C)C(C)C)C3c3ccc(OCCCOCc4ccccc4F)cc3)cc21. The predicted molar refractivity (Wildman–Crippen MR) is 220 cm³/mol. The number of fused-ring (bicyclic) bond motifs is 1. The second kappa shape index (κ2) is 20.6. The van der Waals surface area contributed by atoms with Crippen molar-refractivity contribution in [2.45, 2.75) is 102 Å². The molecule has 3 atom stereocenters. The fourth-order valence-corrected chi connectivity index (χ4v) is 14.1. The summed E-state index contributed by atoms with van der Waals surface area (Å²) >= 11 is 0. The molecular formula is C44H61FN2O9Si. The van der Waals surface area contributed by atoms with E-state index in [9.17, 15) is 19.1 Å². The van der Waals surface area contributed by atoms with Crippen molar-refractivity contribution in [1.82, 2.24) is 4.90 Å². The standard InChI is InChI=1S/C44H61FN2O9Si/c1-30(2)57(31(3)4,32(5)6)56-41-26-46(44(49)50)25-40(54-27-33-14-19-39-38(24-33)47(20-10-21-51-7)42(48)29-55-39)43(41)34-15-17-36(18-16-34)53-23-11-22-52-28-35-12-8-9-13-37(35)45/h8-9,12-19,24,30-32,40-41,43H,10-11,20-23,25-29H2,1-7H3,(H,49,50). The minimum absolute atomic E-state index is 0.0186. The number of anilines is 1. The highest BCUT2D eigenvalue weighted by Gasteiger charge is 2.51. The zero-order valence-corrected chi connectivity index (χ0v) is 35.6. The van der Waals surface area contributed by atoms with E-state index in [4.69, 9.17) is 28.1 Å². The quantitative estimate of drug-likeness (QED) is 0.0884. The molecule has 57 heavy (non-hydrogen) atoms. The molecule has 0 aliphatic carbocycles. The average Bonchev–Trinajstić information content (AvgIpc) is 3.18. The Balaban J connectivity index is 1.37. The summed E-state index contributed by atoms with van der Waals surface area (Å²) in [5.41, 5.74) is 3.89. The molecule has 0 saturated carbocycles. The van der Waals surface area contributed by atoms with Gasteiger partial charge in [-0.25, -0.2) is 9.18 Å². The molecule has 2 heterocycles. The summed E-state index contributed by atoms with van der Waals surface area (Å²) in [4.78, 5) is 28.7. The number of piperidine rings is 1. The van der Waals surface area contributed by atoms with E-state index in [2.05, 4.69) is 41.5 Å². The Morgan fingerprint density at radius 2 is 1.60 bits per heavy atom. The summed E-state index contributed by atoms with van der Waals surface area (Å²) in [6, 6.07) is 20.2. The number of carboxylic acid groups (broad SMARTS) is 1. The lowest BCUT2D eigenvalue weighted by atomic mass is 9.84. The molecular weight excluding hydrogens is 748 g/mol. The maximum Gasteiger partial charge on any atom is 0.407 e. The van der Waals surface area contributed by atoms with Gasteiger partial charge in [-0.1, -0.05) is 77.9 Å². The molecule has 1 saturated heterocycles. The number of benzene rings is 3. The van der Waals surface area contributed by atoms with Crippen molar-refractivity contribution < 1.29 is 47.2 Å². The van der Waals surface area contributed by atoms with Gasteiger partial charge in [0.1, 0.15) is 17.3 Å². The first-order chi connectivity index (χ1) is 27.3. The van der Waals surface area contributed by atoms with Crippen molar-refractivity contribution in [3.05, 3.63) is 89.2 Å². The molecule has 312 valence electrons. The Hall–Kier alpha value is -4.01. The Kier molecular flexibility index (Phi) is 15.9. The lowest BCUT2D eigenvalue weighted by molar-refractivity contribution is -0.121. The van der Waals surface area contributed by atoms with Gasteiger partial charge < -0.3 is 43.0 Å². The van der Waals surface area contributed by atoms with E-state index in [-0.39, 0.29) is 67.2 Å². The largest absolute Gasteiger partial charge is 0.494 e. The van der Waals surface area contributed by atoms with E-state index in [1.54, 1.807) is 30.2 Å². The number of carbonyl (C=O) groups is 2. The van der Waals surface area contributed by atoms with E-state index in [0.29, 0.717) is 62.0 Å². The Labute approximate surface area is 338 Å². The van der Waals surface area contributed by atoms with Gasteiger partial charge in [-0.05, 0) is 64.5 Å². The summed E-state index contributed by atoms with van der Waals surface area (Å²) in [5, 5.41) is 10.4. The maximum absolute atomic E-state index is 13.9. The summed E-state index contributed by atoms with van der Waals surface area (Å²) in [7, 11) is -0.833. The number of methoxy groups -OCH3 is 1. The van der Waals surface area contributed by atoms with Gasteiger partial charge in [0, 0.05) is 44.7 Å². The second-order valence-corrected chi connectivity index (χ2v) is 21.3. The lowest BCUT2D eigenvalue weighted by Crippen LogP contribution is -2.59. The Morgan fingerprint density at radius 1 is 0.895 bits per heavy atom. The number of carbonyl (C=O) groups excluding carboxylic acids is 1.